The first-order valence-electron chi connectivity index (χ1n) is 5.17. The molecule has 1 aromatic heterocycles. The van der Waals surface area contributed by atoms with Crippen LogP contribution >= 0.6 is 0 Å². The molecule has 84 valence electrons. The number of para-hydroxylation sites is 1. The fourth-order valence-corrected chi connectivity index (χ4v) is 1.59. The number of anilines is 3. The van der Waals surface area contributed by atoms with Crippen molar-refractivity contribution in [2.24, 2.45) is 0 Å². The molecule has 0 fully saturated rings. The van der Waals surface area contributed by atoms with Crippen molar-refractivity contribution < 1.29 is 0 Å². The van der Waals surface area contributed by atoms with Gasteiger partial charge in [-0.25, -0.2) is 4.98 Å². The third kappa shape index (κ3) is 2.18. The van der Waals surface area contributed by atoms with Gasteiger partial charge in [-0.05, 0) is 18.2 Å². The number of nitriles is 1. The normalized spacial score (nSPS) is 9.65. The standard InChI is InChI=1S/C13H12N4/c1-17(11-5-3-2-4-6-11)13-12(15)7-10(8-14)9-16-13/h2-7,9H,15H2,1H3. The van der Waals surface area contributed by atoms with Crippen molar-refractivity contribution >= 4 is 17.2 Å². The molecular formula is C13H12N4. The first-order valence-corrected chi connectivity index (χ1v) is 5.17. The van der Waals surface area contributed by atoms with Crippen LogP contribution in [0.4, 0.5) is 17.2 Å². The van der Waals surface area contributed by atoms with Gasteiger partial charge in [-0.1, -0.05) is 18.2 Å². The molecule has 17 heavy (non-hydrogen) atoms. The number of rotatable bonds is 2. The van der Waals surface area contributed by atoms with Crippen LogP contribution in [-0.4, -0.2) is 12.0 Å². The van der Waals surface area contributed by atoms with E-state index < -0.39 is 0 Å². The van der Waals surface area contributed by atoms with Crippen LogP contribution in [0.1, 0.15) is 5.56 Å². The van der Waals surface area contributed by atoms with Gasteiger partial charge in [-0.15, -0.1) is 0 Å². The van der Waals surface area contributed by atoms with Gasteiger partial charge in [0.05, 0.1) is 11.3 Å². The molecule has 0 unspecified atom stereocenters. The molecule has 1 aromatic carbocycles. The highest BCUT2D eigenvalue weighted by Gasteiger charge is 2.09. The number of benzene rings is 1. The van der Waals surface area contributed by atoms with Crippen LogP contribution in [0, 0.1) is 11.3 Å². The van der Waals surface area contributed by atoms with Gasteiger partial charge < -0.3 is 10.6 Å². The maximum absolute atomic E-state index is 8.75. The molecule has 4 heteroatoms. The average Bonchev–Trinajstić information content (AvgIpc) is 2.39. The molecule has 0 aliphatic carbocycles. The van der Waals surface area contributed by atoms with E-state index in [1.165, 1.54) is 6.20 Å². The lowest BCUT2D eigenvalue weighted by Crippen LogP contribution is -2.13. The molecule has 2 N–H and O–H groups in total. The summed E-state index contributed by atoms with van der Waals surface area (Å²) < 4.78 is 0. The zero-order valence-electron chi connectivity index (χ0n) is 9.46. The summed E-state index contributed by atoms with van der Waals surface area (Å²) in [5.74, 6) is 0.648. The van der Waals surface area contributed by atoms with Gasteiger partial charge in [0.25, 0.3) is 0 Å². The van der Waals surface area contributed by atoms with Gasteiger partial charge in [0.15, 0.2) is 5.82 Å². The van der Waals surface area contributed by atoms with Gasteiger partial charge in [0.2, 0.25) is 0 Å². The summed E-state index contributed by atoms with van der Waals surface area (Å²) in [5, 5.41) is 8.75. The van der Waals surface area contributed by atoms with E-state index in [2.05, 4.69) is 4.98 Å². The van der Waals surface area contributed by atoms with E-state index in [0.29, 0.717) is 17.1 Å². The Kier molecular flexibility index (Phi) is 2.93. The number of hydrogen-bond donors (Lipinski definition) is 1. The monoisotopic (exact) mass is 224 g/mol. The number of nitrogens with two attached hydrogens (primary N) is 1. The fraction of sp³-hybridized carbons (Fsp3) is 0.0769. The topological polar surface area (TPSA) is 65.9 Å². The minimum absolute atomic E-state index is 0.465. The van der Waals surface area contributed by atoms with E-state index in [1.807, 2.05) is 48.3 Å². The van der Waals surface area contributed by atoms with Crippen LogP contribution in [-0.2, 0) is 0 Å². The minimum atomic E-state index is 0.465. The van der Waals surface area contributed by atoms with Crippen molar-refractivity contribution in [1.82, 2.24) is 4.98 Å². The molecule has 4 nitrogen and oxygen atoms in total. The summed E-state index contributed by atoms with van der Waals surface area (Å²) in [6, 6.07) is 13.4. The first kappa shape index (κ1) is 11.0. The largest absolute Gasteiger partial charge is 0.396 e. The smallest absolute Gasteiger partial charge is 0.156 e. The summed E-state index contributed by atoms with van der Waals surface area (Å²) in [5.41, 5.74) is 7.84. The summed E-state index contributed by atoms with van der Waals surface area (Å²) in [6.07, 6.45) is 1.52. The SMILES string of the molecule is CN(c1ccccc1)c1ncc(C#N)cc1N. The van der Waals surface area contributed by atoms with Crippen molar-refractivity contribution in [1.29, 1.82) is 5.26 Å². The van der Waals surface area contributed by atoms with E-state index in [0.717, 1.165) is 5.69 Å². The van der Waals surface area contributed by atoms with Crippen molar-refractivity contribution in [2.45, 2.75) is 0 Å². The van der Waals surface area contributed by atoms with E-state index in [-0.39, 0.29) is 0 Å². The van der Waals surface area contributed by atoms with Crippen LogP contribution in [0.25, 0.3) is 0 Å². The summed E-state index contributed by atoms with van der Waals surface area (Å²) in [6.45, 7) is 0. The molecule has 2 rings (SSSR count). The number of pyridine rings is 1. The maximum Gasteiger partial charge on any atom is 0.156 e. The maximum atomic E-state index is 8.75. The average molecular weight is 224 g/mol. The lowest BCUT2D eigenvalue weighted by molar-refractivity contribution is 1.13. The number of hydrogen-bond acceptors (Lipinski definition) is 4. The summed E-state index contributed by atoms with van der Waals surface area (Å²) in [4.78, 5) is 6.09. The number of nitrogens with zero attached hydrogens (tertiary/aromatic N) is 3. The van der Waals surface area contributed by atoms with Gasteiger partial charge >= 0.3 is 0 Å². The number of nitrogen functional groups attached to an aromatic ring is 1. The predicted molar refractivity (Wildman–Crippen MR) is 67.9 cm³/mol. The van der Waals surface area contributed by atoms with Gasteiger partial charge in [0, 0.05) is 18.9 Å². The van der Waals surface area contributed by atoms with E-state index in [4.69, 9.17) is 11.0 Å². The zero-order valence-corrected chi connectivity index (χ0v) is 9.46. The second kappa shape index (κ2) is 4.54. The molecule has 0 bridgehead atoms. The van der Waals surface area contributed by atoms with Crippen molar-refractivity contribution in [3.8, 4) is 6.07 Å². The van der Waals surface area contributed by atoms with Crippen LogP contribution in [0.2, 0.25) is 0 Å². The van der Waals surface area contributed by atoms with E-state index in [1.54, 1.807) is 6.07 Å². The molecule has 0 spiro atoms. The van der Waals surface area contributed by atoms with Gasteiger partial charge in [-0.3, -0.25) is 0 Å². The van der Waals surface area contributed by atoms with Crippen LogP contribution < -0.4 is 10.6 Å². The second-order valence-electron chi connectivity index (χ2n) is 3.64. The van der Waals surface area contributed by atoms with E-state index >= 15 is 0 Å². The minimum Gasteiger partial charge on any atom is -0.396 e. The Morgan fingerprint density at radius 2 is 2.00 bits per heavy atom. The quantitative estimate of drug-likeness (QED) is 0.850. The Balaban J connectivity index is 2.39. The molecule has 2 aromatic rings. The van der Waals surface area contributed by atoms with Crippen molar-refractivity contribution in [3.63, 3.8) is 0 Å². The first-order chi connectivity index (χ1) is 8.22. The Bertz CT molecular complexity index is 557. The Hall–Kier alpha value is -2.54. The Morgan fingerprint density at radius 3 is 2.59 bits per heavy atom. The van der Waals surface area contributed by atoms with Gasteiger partial charge in [0.1, 0.15) is 6.07 Å². The molecule has 0 radical (unpaired) electrons. The fourth-order valence-electron chi connectivity index (χ4n) is 1.59. The van der Waals surface area contributed by atoms with Crippen LogP contribution in [0.15, 0.2) is 42.6 Å². The zero-order chi connectivity index (χ0) is 12.3. The van der Waals surface area contributed by atoms with Gasteiger partial charge in [-0.2, -0.15) is 5.26 Å². The highest BCUT2D eigenvalue weighted by atomic mass is 15.2. The highest BCUT2D eigenvalue weighted by molar-refractivity contribution is 5.71. The highest BCUT2D eigenvalue weighted by Crippen LogP contribution is 2.26. The van der Waals surface area contributed by atoms with Crippen LogP contribution in [0.3, 0.4) is 0 Å². The molecule has 0 atom stereocenters. The molecule has 0 aliphatic heterocycles. The van der Waals surface area contributed by atoms with Crippen molar-refractivity contribution in [2.75, 3.05) is 17.7 Å². The third-order valence-corrected chi connectivity index (χ3v) is 2.49. The molecule has 0 amide bonds. The van der Waals surface area contributed by atoms with E-state index in [9.17, 15) is 0 Å². The Morgan fingerprint density at radius 1 is 1.29 bits per heavy atom. The third-order valence-electron chi connectivity index (χ3n) is 2.49. The Labute approximate surface area is 99.9 Å². The summed E-state index contributed by atoms with van der Waals surface area (Å²) in [7, 11) is 1.89. The van der Waals surface area contributed by atoms with Crippen molar-refractivity contribution in [3.05, 3.63) is 48.2 Å². The lowest BCUT2D eigenvalue weighted by Gasteiger charge is -2.19. The summed E-state index contributed by atoms with van der Waals surface area (Å²) >= 11 is 0. The molecule has 0 saturated heterocycles. The second-order valence-corrected chi connectivity index (χ2v) is 3.64. The molecule has 0 saturated carbocycles. The molecule has 1 heterocycles. The predicted octanol–water partition coefficient (Wildman–Crippen LogP) is 2.30. The van der Waals surface area contributed by atoms with Crippen LogP contribution in [0.5, 0.6) is 0 Å². The molecule has 0 aliphatic rings. The molecular weight excluding hydrogens is 212 g/mol. The lowest BCUT2D eigenvalue weighted by atomic mass is 10.2. The number of aromatic nitrogens is 1.